The first-order valence-corrected chi connectivity index (χ1v) is 31.1. The van der Waals surface area contributed by atoms with Gasteiger partial charge in [0.1, 0.15) is 13.2 Å². The Bertz CT molecular complexity index is 1400. The van der Waals surface area contributed by atoms with Gasteiger partial charge < -0.3 is 14.2 Å². The SMILES string of the molecule is CC/C=C\C/C=C\C/C=C\C/C=C\C/C=C\CCCC(=O)OC(COC(=O)CCCCCCC/C=C\CCCC)COC(=O)CCCCCCCCCCCCCCCCC/C=C\CCCCCCCCCC. The van der Waals surface area contributed by atoms with Gasteiger partial charge in [-0.15, -0.1) is 0 Å². The maximum atomic E-state index is 12.8. The van der Waals surface area contributed by atoms with Crippen LogP contribution in [0.3, 0.4) is 0 Å². The molecule has 1 unspecified atom stereocenters. The molecule has 0 spiro atoms. The van der Waals surface area contributed by atoms with E-state index >= 15 is 0 Å². The lowest BCUT2D eigenvalue weighted by atomic mass is 10.0. The lowest BCUT2D eigenvalue weighted by molar-refractivity contribution is -0.167. The van der Waals surface area contributed by atoms with E-state index in [0.29, 0.717) is 19.3 Å². The van der Waals surface area contributed by atoms with Crippen LogP contribution < -0.4 is 0 Å². The van der Waals surface area contributed by atoms with Crippen LogP contribution in [0.4, 0.5) is 0 Å². The summed E-state index contributed by atoms with van der Waals surface area (Å²) < 4.78 is 16.8. The summed E-state index contributed by atoms with van der Waals surface area (Å²) in [6.45, 7) is 6.45. The lowest BCUT2D eigenvalue weighted by Gasteiger charge is -2.18. The van der Waals surface area contributed by atoms with E-state index in [1.807, 2.05) is 0 Å². The van der Waals surface area contributed by atoms with Crippen LogP contribution in [0.15, 0.2) is 85.1 Å². The van der Waals surface area contributed by atoms with Crippen LogP contribution in [0.2, 0.25) is 0 Å². The molecule has 0 aliphatic rings. The van der Waals surface area contributed by atoms with Crippen LogP contribution >= 0.6 is 0 Å². The van der Waals surface area contributed by atoms with Crippen LogP contribution in [0, 0.1) is 0 Å². The zero-order valence-electron chi connectivity index (χ0n) is 48.1. The maximum Gasteiger partial charge on any atom is 0.306 e. The molecule has 0 amide bonds. The number of carbonyl (C=O) groups excluding carboxylic acids is 3. The van der Waals surface area contributed by atoms with Crippen molar-refractivity contribution in [3.63, 3.8) is 0 Å². The number of allylic oxidation sites excluding steroid dienone is 14. The Hall–Kier alpha value is -3.41. The molecule has 0 saturated carbocycles. The van der Waals surface area contributed by atoms with Gasteiger partial charge in [-0.1, -0.05) is 266 Å². The van der Waals surface area contributed by atoms with E-state index in [4.69, 9.17) is 14.2 Å². The van der Waals surface area contributed by atoms with Gasteiger partial charge in [-0.05, 0) is 103 Å². The summed E-state index contributed by atoms with van der Waals surface area (Å²) in [5.74, 6) is -0.962. The van der Waals surface area contributed by atoms with Crippen molar-refractivity contribution in [2.75, 3.05) is 13.2 Å². The monoisotopic (exact) mass is 1020 g/mol. The number of ether oxygens (including phenoxy) is 3. The molecular weight excluding hydrogens is 901 g/mol. The predicted molar refractivity (Wildman–Crippen MR) is 316 cm³/mol. The molecule has 6 nitrogen and oxygen atoms in total. The molecule has 0 saturated heterocycles. The van der Waals surface area contributed by atoms with Crippen molar-refractivity contribution in [2.45, 2.75) is 309 Å². The van der Waals surface area contributed by atoms with E-state index in [1.54, 1.807) is 0 Å². The third-order valence-corrected chi connectivity index (χ3v) is 13.4. The van der Waals surface area contributed by atoms with Gasteiger partial charge in [0.15, 0.2) is 6.10 Å². The molecule has 0 bridgehead atoms. The molecule has 0 heterocycles. The molecule has 420 valence electrons. The molecule has 0 aliphatic heterocycles. The number of esters is 3. The Labute approximate surface area is 452 Å². The van der Waals surface area contributed by atoms with Gasteiger partial charge in [-0.25, -0.2) is 0 Å². The van der Waals surface area contributed by atoms with Crippen LogP contribution in [-0.4, -0.2) is 37.2 Å². The fourth-order valence-electron chi connectivity index (χ4n) is 8.69. The number of hydrogen-bond acceptors (Lipinski definition) is 6. The van der Waals surface area contributed by atoms with Crippen molar-refractivity contribution in [3.05, 3.63) is 85.1 Å². The van der Waals surface area contributed by atoms with Crippen molar-refractivity contribution < 1.29 is 28.6 Å². The van der Waals surface area contributed by atoms with Gasteiger partial charge in [0, 0.05) is 19.3 Å². The molecule has 73 heavy (non-hydrogen) atoms. The third kappa shape index (κ3) is 59.3. The molecule has 0 rings (SSSR count). The highest BCUT2D eigenvalue weighted by atomic mass is 16.6. The Morgan fingerprint density at radius 3 is 0.932 bits per heavy atom. The standard InChI is InChI=1S/C67H116O6/c1-4-7-10-13-16-19-22-24-26-28-29-30-31-32-33-34-35-36-37-39-40-42-45-48-51-54-57-60-66(69)72-63-64(62-71-65(68)59-56-53-50-47-44-21-18-15-12-9-6-3)73-67(70)61-58-55-52-49-46-43-41-38-27-25-23-20-17-14-11-8-5-2/h8,11,15,17-18,20,25,27-29,41,43,49,52,64H,4-7,9-10,12-14,16,19,21-24,26,30-40,42,44-48,50-51,53-63H2,1-3H3/b11-8-,18-15-,20-17-,27-25-,29-28-,43-41-,52-49-. The second-order valence-corrected chi connectivity index (χ2v) is 20.6. The van der Waals surface area contributed by atoms with Crippen molar-refractivity contribution in [1.29, 1.82) is 0 Å². The average molecular weight is 1020 g/mol. The summed E-state index contributed by atoms with van der Waals surface area (Å²) in [5.41, 5.74) is 0. The van der Waals surface area contributed by atoms with Crippen LogP contribution in [0.25, 0.3) is 0 Å². The molecule has 1 atom stereocenters. The Kier molecular flexibility index (Phi) is 58.3. The molecule has 0 radical (unpaired) electrons. The van der Waals surface area contributed by atoms with E-state index in [0.717, 1.165) is 89.9 Å². The summed E-state index contributed by atoms with van der Waals surface area (Å²) >= 11 is 0. The second kappa shape index (κ2) is 61.1. The van der Waals surface area contributed by atoms with E-state index in [1.165, 1.54) is 167 Å². The fourth-order valence-corrected chi connectivity index (χ4v) is 8.69. The van der Waals surface area contributed by atoms with Crippen molar-refractivity contribution >= 4 is 17.9 Å². The number of hydrogen-bond donors (Lipinski definition) is 0. The second-order valence-electron chi connectivity index (χ2n) is 20.6. The van der Waals surface area contributed by atoms with Gasteiger partial charge >= 0.3 is 17.9 Å². The summed E-state index contributed by atoms with van der Waals surface area (Å²) in [7, 11) is 0. The number of unbranched alkanes of at least 4 members (excludes halogenated alkanes) is 31. The first-order chi connectivity index (χ1) is 36.0. The van der Waals surface area contributed by atoms with Crippen LogP contribution in [-0.2, 0) is 28.6 Å². The lowest BCUT2D eigenvalue weighted by Crippen LogP contribution is -2.30. The van der Waals surface area contributed by atoms with Gasteiger partial charge in [-0.3, -0.25) is 14.4 Å². The summed E-state index contributed by atoms with van der Waals surface area (Å²) in [6.07, 6.45) is 80.4. The van der Waals surface area contributed by atoms with E-state index in [9.17, 15) is 14.4 Å². The minimum absolute atomic E-state index is 0.100. The van der Waals surface area contributed by atoms with Gasteiger partial charge in [-0.2, -0.15) is 0 Å². The maximum absolute atomic E-state index is 12.8. The van der Waals surface area contributed by atoms with Crippen LogP contribution in [0.1, 0.15) is 303 Å². The van der Waals surface area contributed by atoms with Crippen LogP contribution in [0.5, 0.6) is 0 Å². The smallest absolute Gasteiger partial charge is 0.306 e. The van der Waals surface area contributed by atoms with Crippen molar-refractivity contribution in [1.82, 2.24) is 0 Å². The topological polar surface area (TPSA) is 78.9 Å². The predicted octanol–water partition coefficient (Wildman–Crippen LogP) is 21.1. The van der Waals surface area contributed by atoms with Crippen molar-refractivity contribution in [2.24, 2.45) is 0 Å². The first kappa shape index (κ1) is 69.6. The van der Waals surface area contributed by atoms with E-state index in [2.05, 4.69) is 106 Å². The number of carbonyl (C=O) groups is 3. The van der Waals surface area contributed by atoms with Crippen molar-refractivity contribution in [3.8, 4) is 0 Å². The van der Waals surface area contributed by atoms with Gasteiger partial charge in [0.25, 0.3) is 0 Å². The largest absolute Gasteiger partial charge is 0.462 e. The molecule has 0 aromatic carbocycles. The Balaban J connectivity index is 4.27. The fraction of sp³-hybridized carbons (Fsp3) is 0.746. The van der Waals surface area contributed by atoms with Gasteiger partial charge in [0.2, 0.25) is 0 Å². The molecule has 0 aromatic heterocycles. The highest BCUT2D eigenvalue weighted by molar-refractivity contribution is 5.71. The third-order valence-electron chi connectivity index (χ3n) is 13.4. The zero-order valence-corrected chi connectivity index (χ0v) is 48.1. The normalized spacial score (nSPS) is 12.6. The summed E-state index contributed by atoms with van der Waals surface area (Å²) in [4.78, 5) is 38.1. The quantitative estimate of drug-likeness (QED) is 0.0261. The van der Waals surface area contributed by atoms with E-state index in [-0.39, 0.29) is 37.5 Å². The molecule has 0 fully saturated rings. The summed E-state index contributed by atoms with van der Waals surface area (Å²) in [6, 6.07) is 0. The van der Waals surface area contributed by atoms with Gasteiger partial charge in [0.05, 0.1) is 0 Å². The minimum Gasteiger partial charge on any atom is -0.462 e. The zero-order chi connectivity index (χ0) is 52.9. The molecule has 0 N–H and O–H groups in total. The molecular formula is C67H116O6. The Morgan fingerprint density at radius 1 is 0.288 bits per heavy atom. The highest BCUT2D eigenvalue weighted by Gasteiger charge is 2.19. The highest BCUT2D eigenvalue weighted by Crippen LogP contribution is 2.16. The Morgan fingerprint density at radius 2 is 0.562 bits per heavy atom. The molecule has 6 heteroatoms. The average Bonchev–Trinajstić information content (AvgIpc) is 3.39. The summed E-state index contributed by atoms with van der Waals surface area (Å²) in [5, 5.41) is 0. The first-order valence-electron chi connectivity index (χ1n) is 31.1. The molecule has 0 aromatic rings. The minimum atomic E-state index is -0.809. The van der Waals surface area contributed by atoms with E-state index < -0.39 is 6.10 Å². The number of rotatable bonds is 56. The molecule has 0 aliphatic carbocycles.